The van der Waals surface area contributed by atoms with Gasteiger partial charge in [-0.05, 0) is 29.8 Å². The monoisotopic (exact) mass is 281 g/mol. The van der Waals surface area contributed by atoms with Crippen LogP contribution in [0.15, 0.2) is 47.1 Å². The van der Waals surface area contributed by atoms with Crippen LogP contribution in [0.4, 0.5) is 5.88 Å². The van der Waals surface area contributed by atoms with Crippen LogP contribution >= 0.6 is 0 Å². The molecule has 104 valence electrons. The first-order valence-electron chi connectivity index (χ1n) is 6.39. The zero-order valence-electron chi connectivity index (χ0n) is 10.9. The molecule has 6 nitrogen and oxygen atoms in total. The number of nitrogens with two attached hydrogens (primary N) is 1. The van der Waals surface area contributed by atoms with Crippen molar-refractivity contribution in [3.8, 4) is 34.0 Å². The minimum Gasteiger partial charge on any atom is -0.454 e. The largest absolute Gasteiger partial charge is 0.454 e. The van der Waals surface area contributed by atoms with Crippen LogP contribution in [-0.4, -0.2) is 16.9 Å². The Balaban J connectivity index is 1.87. The maximum Gasteiger partial charge on any atom is 0.231 e. The van der Waals surface area contributed by atoms with Crippen molar-refractivity contribution in [2.24, 2.45) is 0 Å². The Labute approximate surface area is 120 Å². The first-order valence-corrected chi connectivity index (χ1v) is 6.39. The molecular formula is C15H11N3O3. The number of fused-ring (bicyclic) bond motifs is 1. The SMILES string of the molecule is Nc1onc(-c2ccccn2)c1-c1ccc2c(c1)OCO2. The van der Waals surface area contributed by atoms with Crippen LogP contribution in [0.5, 0.6) is 11.5 Å². The lowest BCUT2D eigenvalue weighted by atomic mass is 10.0. The van der Waals surface area contributed by atoms with Gasteiger partial charge in [0, 0.05) is 6.20 Å². The van der Waals surface area contributed by atoms with E-state index in [0.717, 1.165) is 5.56 Å². The van der Waals surface area contributed by atoms with Crippen LogP contribution in [0.25, 0.3) is 22.5 Å². The standard InChI is InChI=1S/C15H11N3O3/c16-15-13(9-4-5-11-12(7-9)20-8-19-11)14(18-21-15)10-3-1-2-6-17-10/h1-7H,8,16H2. The zero-order valence-corrected chi connectivity index (χ0v) is 10.9. The lowest BCUT2D eigenvalue weighted by Gasteiger charge is -2.03. The second-order valence-electron chi connectivity index (χ2n) is 4.55. The summed E-state index contributed by atoms with van der Waals surface area (Å²) < 4.78 is 15.8. The predicted molar refractivity (Wildman–Crippen MR) is 75.7 cm³/mol. The van der Waals surface area contributed by atoms with Gasteiger partial charge in [-0.3, -0.25) is 4.98 Å². The third kappa shape index (κ3) is 1.88. The number of hydrogen-bond acceptors (Lipinski definition) is 6. The lowest BCUT2D eigenvalue weighted by molar-refractivity contribution is 0.174. The average Bonchev–Trinajstić information content (AvgIpc) is 3.13. The van der Waals surface area contributed by atoms with Crippen LogP contribution < -0.4 is 15.2 Å². The smallest absolute Gasteiger partial charge is 0.231 e. The number of nitrogen functional groups attached to an aromatic ring is 1. The molecule has 4 rings (SSSR count). The zero-order chi connectivity index (χ0) is 14.2. The number of hydrogen-bond donors (Lipinski definition) is 1. The summed E-state index contributed by atoms with van der Waals surface area (Å²) in [5, 5.41) is 4.02. The Hall–Kier alpha value is -3.02. The van der Waals surface area contributed by atoms with E-state index in [0.29, 0.717) is 28.5 Å². The maximum atomic E-state index is 5.93. The Morgan fingerprint density at radius 2 is 1.95 bits per heavy atom. The van der Waals surface area contributed by atoms with E-state index in [1.54, 1.807) is 6.20 Å². The molecule has 21 heavy (non-hydrogen) atoms. The number of aromatic nitrogens is 2. The fourth-order valence-corrected chi connectivity index (χ4v) is 2.31. The molecule has 0 saturated heterocycles. The summed E-state index contributed by atoms with van der Waals surface area (Å²) in [5.74, 6) is 1.64. The fraction of sp³-hybridized carbons (Fsp3) is 0.0667. The number of pyridine rings is 1. The first-order chi connectivity index (χ1) is 10.3. The molecule has 0 unspecified atom stereocenters. The number of nitrogens with zero attached hydrogens (tertiary/aromatic N) is 2. The van der Waals surface area contributed by atoms with Crippen molar-refractivity contribution in [3.05, 3.63) is 42.6 Å². The maximum absolute atomic E-state index is 5.93. The number of anilines is 1. The molecular weight excluding hydrogens is 270 g/mol. The van der Waals surface area contributed by atoms with Gasteiger partial charge >= 0.3 is 0 Å². The normalized spacial score (nSPS) is 12.6. The topological polar surface area (TPSA) is 83.4 Å². The molecule has 2 aromatic heterocycles. The Bertz CT molecular complexity index is 799. The van der Waals surface area contributed by atoms with Gasteiger partial charge in [-0.25, -0.2) is 0 Å². The molecule has 0 spiro atoms. The molecule has 6 heteroatoms. The van der Waals surface area contributed by atoms with Gasteiger partial charge in [0.2, 0.25) is 12.7 Å². The van der Waals surface area contributed by atoms with E-state index in [1.165, 1.54) is 0 Å². The molecule has 0 radical (unpaired) electrons. The van der Waals surface area contributed by atoms with E-state index in [2.05, 4.69) is 10.1 Å². The Morgan fingerprint density at radius 3 is 2.81 bits per heavy atom. The summed E-state index contributed by atoms with van der Waals surface area (Å²) in [6.07, 6.45) is 1.70. The number of rotatable bonds is 2. The van der Waals surface area contributed by atoms with Crippen molar-refractivity contribution in [1.82, 2.24) is 10.1 Å². The minimum atomic E-state index is 0.227. The minimum absolute atomic E-state index is 0.227. The molecule has 1 aliphatic rings. The van der Waals surface area contributed by atoms with E-state index in [9.17, 15) is 0 Å². The Kier molecular flexibility index (Phi) is 2.53. The molecule has 2 N–H and O–H groups in total. The highest BCUT2D eigenvalue weighted by Gasteiger charge is 2.21. The van der Waals surface area contributed by atoms with Gasteiger partial charge in [-0.15, -0.1) is 0 Å². The third-order valence-electron chi connectivity index (χ3n) is 3.29. The summed E-state index contributed by atoms with van der Waals surface area (Å²) >= 11 is 0. The Morgan fingerprint density at radius 1 is 1.05 bits per heavy atom. The van der Waals surface area contributed by atoms with E-state index in [1.807, 2.05) is 36.4 Å². The van der Waals surface area contributed by atoms with Gasteiger partial charge in [0.15, 0.2) is 11.5 Å². The molecule has 1 aliphatic heterocycles. The third-order valence-corrected chi connectivity index (χ3v) is 3.29. The van der Waals surface area contributed by atoms with Gasteiger partial charge in [-0.2, -0.15) is 0 Å². The number of ether oxygens (including phenoxy) is 2. The van der Waals surface area contributed by atoms with Gasteiger partial charge in [0.1, 0.15) is 5.69 Å². The lowest BCUT2D eigenvalue weighted by Crippen LogP contribution is -1.93. The second kappa shape index (κ2) is 4.52. The van der Waals surface area contributed by atoms with Crippen LogP contribution in [0, 0.1) is 0 Å². The molecule has 3 aromatic rings. The molecule has 0 fully saturated rings. The van der Waals surface area contributed by atoms with Gasteiger partial charge in [-0.1, -0.05) is 17.3 Å². The van der Waals surface area contributed by atoms with Gasteiger partial charge < -0.3 is 19.7 Å². The summed E-state index contributed by atoms with van der Waals surface area (Å²) in [7, 11) is 0. The highest BCUT2D eigenvalue weighted by atomic mass is 16.7. The van der Waals surface area contributed by atoms with E-state index >= 15 is 0 Å². The first kappa shape index (κ1) is 11.8. The fourth-order valence-electron chi connectivity index (χ4n) is 2.31. The molecule has 0 saturated carbocycles. The summed E-state index contributed by atoms with van der Waals surface area (Å²) in [4.78, 5) is 4.29. The molecule has 0 amide bonds. The second-order valence-corrected chi connectivity index (χ2v) is 4.55. The van der Waals surface area contributed by atoms with E-state index in [4.69, 9.17) is 19.7 Å². The average molecular weight is 281 g/mol. The predicted octanol–water partition coefficient (Wildman–Crippen LogP) is 2.71. The van der Waals surface area contributed by atoms with Crippen LogP contribution in [-0.2, 0) is 0 Å². The number of benzene rings is 1. The van der Waals surface area contributed by atoms with Crippen molar-refractivity contribution >= 4 is 5.88 Å². The van der Waals surface area contributed by atoms with Crippen molar-refractivity contribution in [3.63, 3.8) is 0 Å². The van der Waals surface area contributed by atoms with Crippen molar-refractivity contribution < 1.29 is 14.0 Å². The van der Waals surface area contributed by atoms with Crippen molar-refractivity contribution in [2.75, 3.05) is 12.5 Å². The van der Waals surface area contributed by atoms with Gasteiger partial charge in [0.05, 0.1) is 11.3 Å². The van der Waals surface area contributed by atoms with Crippen LogP contribution in [0.1, 0.15) is 0 Å². The highest BCUT2D eigenvalue weighted by molar-refractivity contribution is 5.86. The quantitative estimate of drug-likeness (QED) is 0.777. The van der Waals surface area contributed by atoms with Crippen LogP contribution in [0.2, 0.25) is 0 Å². The summed E-state index contributed by atoms with van der Waals surface area (Å²) in [5.41, 5.74) is 8.78. The molecule has 0 atom stereocenters. The molecule has 0 bridgehead atoms. The van der Waals surface area contributed by atoms with E-state index in [-0.39, 0.29) is 12.7 Å². The van der Waals surface area contributed by atoms with Crippen LogP contribution in [0.3, 0.4) is 0 Å². The highest BCUT2D eigenvalue weighted by Crippen LogP contribution is 2.40. The molecule has 1 aromatic carbocycles. The molecule has 3 heterocycles. The molecule has 0 aliphatic carbocycles. The van der Waals surface area contributed by atoms with E-state index < -0.39 is 0 Å². The summed E-state index contributed by atoms with van der Waals surface area (Å²) in [6.45, 7) is 0.227. The summed E-state index contributed by atoms with van der Waals surface area (Å²) in [6, 6.07) is 11.2. The van der Waals surface area contributed by atoms with Crippen molar-refractivity contribution in [2.45, 2.75) is 0 Å². The van der Waals surface area contributed by atoms with Gasteiger partial charge in [0.25, 0.3) is 0 Å². The van der Waals surface area contributed by atoms with Crippen molar-refractivity contribution in [1.29, 1.82) is 0 Å².